The van der Waals surface area contributed by atoms with Crippen molar-refractivity contribution in [2.24, 2.45) is 0 Å². The average molecular weight is 295 g/mol. The number of nitrogen functional groups attached to an aromatic ring is 1. The summed E-state index contributed by atoms with van der Waals surface area (Å²) < 4.78 is 0. The van der Waals surface area contributed by atoms with Gasteiger partial charge in [-0.25, -0.2) is 0 Å². The largest absolute Gasteiger partial charge is 0.397 e. The summed E-state index contributed by atoms with van der Waals surface area (Å²) in [6.07, 6.45) is 0. The monoisotopic (exact) mass is 294 g/mol. The number of rotatable bonds is 2. The van der Waals surface area contributed by atoms with Crippen molar-refractivity contribution in [3.8, 4) is 0 Å². The first-order valence-electron chi connectivity index (χ1n) is 5.59. The molecule has 0 bridgehead atoms. The normalized spacial score (nSPS) is 10.3. The zero-order chi connectivity index (χ0) is 14.0. The Morgan fingerprint density at radius 2 is 1.63 bits per heavy atom. The van der Waals surface area contributed by atoms with E-state index in [-0.39, 0.29) is 11.5 Å². The summed E-state index contributed by atoms with van der Waals surface area (Å²) in [6.45, 7) is 0. The number of para-hydroxylation sites is 2. The van der Waals surface area contributed by atoms with E-state index >= 15 is 0 Å². The van der Waals surface area contributed by atoms with E-state index in [0.29, 0.717) is 21.4 Å². The Bertz CT molecular complexity index is 608. The maximum atomic E-state index is 12.4. The van der Waals surface area contributed by atoms with Crippen LogP contribution in [0.3, 0.4) is 0 Å². The molecule has 2 aromatic rings. The average Bonchev–Trinajstić information content (AvgIpc) is 2.38. The van der Waals surface area contributed by atoms with Crippen LogP contribution < -0.4 is 10.6 Å². The SMILES string of the molecule is CN(C(=O)c1c(Cl)cccc1Cl)c1ccccc1N. The van der Waals surface area contributed by atoms with Crippen LogP contribution in [0, 0.1) is 0 Å². The van der Waals surface area contributed by atoms with Crippen LogP contribution in [0.4, 0.5) is 11.4 Å². The predicted octanol–water partition coefficient (Wildman–Crippen LogP) is 3.85. The summed E-state index contributed by atoms with van der Waals surface area (Å²) in [5.74, 6) is -0.298. The van der Waals surface area contributed by atoms with Gasteiger partial charge in [0.15, 0.2) is 0 Å². The number of carbonyl (C=O) groups excluding carboxylic acids is 1. The van der Waals surface area contributed by atoms with Gasteiger partial charge in [-0.05, 0) is 24.3 Å². The Kier molecular flexibility index (Phi) is 3.98. The van der Waals surface area contributed by atoms with Gasteiger partial charge < -0.3 is 10.6 Å². The van der Waals surface area contributed by atoms with Crippen LogP contribution in [0.5, 0.6) is 0 Å². The minimum Gasteiger partial charge on any atom is -0.397 e. The standard InChI is InChI=1S/C14H12Cl2N2O/c1-18(12-8-3-2-7-11(12)17)14(19)13-9(15)5-4-6-10(13)16/h2-8H,17H2,1H3. The van der Waals surface area contributed by atoms with Crippen LogP contribution in [0.2, 0.25) is 10.0 Å². The minimum atomic E-state index is -0.298. The van der Waals surface area contributed by atoms with Crippen LogP contribution >= 0.6 is 23.2 Å². The number of nitrogens with zero attached hydrogens (tertiary/aromatic N) is 1. The van der Waals surface area contributed by atoms with Crippen LogP contribution in [0.15, 0.2) is 42.5 Å². The van der Waals surface area contributed by atoms with E-state index in [1.165, 1.54) is 4.90 Å². The van der Waals surface area contributed by atoms with E-state index in [0.717, 1.165) is 0 Å². The van der Waals surface area contributed by atoms with Crippen LogP contribution in [-0.4, -0.2) is 13.0 Å². The van der Waals surface area contributed by atoms with E-state index in [9.17, 15) is 4.79 Å². The van der Waals surface area contributed by atoms with Gasteiger partial charge in [0, 0.05) is 7.05 Å². The quantitative estimate of drug-likeness (QED) is 0.855. The molecule has 0 aliphatic carbocycles. The summed E-state index contributed by atoms with van der Waals surface area (Å²) >= 11 is 12.1. The molecule has 2 aromatic carbocycles. The molecule has 2 rings (SSSR count). The molecule has 1 amide bonds. The fraction of sp³-hybridized carbons (Fsp3) is 0.0714. The van der Waals surface area contributed by atoms with E-state index < -0.39 is 0 Å². The third-order valence-corrected chi connectivity index (χ3v) is 3.41. The first-order valence-corrected chi connectivity index (χ1v) is 6.34. The Hall–Kier alpha value is -1.71. The van der Waals surface area contributed by atoms with E-state index in [1.807, 2.05) is 6.07 Å². The third kappa shape index (κ3) is 2.67. The fourth-order valence-corrected chi connectivity index (χ4v) is 2.33. The molecule has 0 aliphatic rings. The fourth-order valence-electron chi connectivity index (χ4n) is 1.77. The van der Waals surface area contributed by atoms with Gasteiger partial charge >= 0.3 is 0 Å². The Labute approximate surface area is 121 Å². The summed E-state index contributed by atoms with van der Waals surface area (Å²) in [7, 11) is 1.63. The van der Waals surface area contributed by atoms with Crippen molar-refractivity contribution in [3.05, 3.63) is 58.1 Å². The predicted molar refractivity (Wildman–Crippen MR) is 80.0 cm³/mol. The van der Waals surface area contributed by atoms with Crippen molar-refractivity contribution in [1.29, 1.82) is 0 Å². The highest BCUT2D eigenvalue weighted by atomic mass is 35.5. The van der Waals surface area contributed by atoms with Crippen molar-refractivity contribution >= 4 is 40.5 Å². The number of nitrogens with two attached hydrogens (primary N) is 1. The second kappa shape index (κ2) is 5.51. The molecule has 0 saturated heterocycles. The van der Waals surface area contributed by atoms with E-state index in [1.54, 1.807) is 43.4 Å². The highest BCUT2D eigenvalue weighted by molar-refractivity contribution is 6.40. The second-order valence-corrected chi connectivity index (χ2v) is 4.83. The van der Waals surface area contributed by atoms with Crippen molar-refractivity contribution in [1.82, 2.24) is 0 Å². The van der Waals surface area contributed by atoms with Gasteiger partial charge in [-0.1, -0.05) is 41.4 Å². The van der Waals surface area contributed by atoms with Crippen LogP contribution in [-0.2, 0) is 0 Å². The number of amides is 1. The molecule has 0 spiro atoms. The zero-order valence-corrected chi connectivity index (χ0v) is 11.7. The van der Waals surface area contributed by atoms with Gasteiger partial charge in [0.05, 0.1) is 27.0 Å². The molecule has 98 valence electrons. The van der Waals surface area contributed by atoms with Gasteiger partial charge in [-0.2, -0.15) is 0 Å². The summed E-state index contributed by atoms with van der Waals surface area (Å²) in [4.78, 5) is 13.9. The van der Waals surface area contributed by atoms with Gasteiger partial charge in [0.25, 0.3) is 5.91 Å². The molecular weight excluding hydrogens is 283 g/mol. The molecule has 0 aromatic heterocycles. The Morgan fingerprint density at radius 1 is 1.05 bits per heavy atom. The third-order valence-electron chi connectivity index (χ3n) is 2.78. The molecule has 3 nitrogen and oxygen atoms in total. The zero-order valence-electron chi connectivity index (χ0n) is 10.2. The van der Waals surface area contributed by atoms with Crippen molar-refractivity contribution in [3.63, 3.8) is 0 Å². The Morgan fingerprint density at radius 3 is 2.21 bits per heavy atom. The molecule has 2 N–H and O–H groups in total. The summed E-state index contributed by atoms with van der Waals surface area (Å²) in [5, 5.41) is 0.637. The number of halogens is 2. The Balaban J connectivity index is 2.43. The maximum Gasteiger partial charge on any atom is 0.261 e. The summed E-state index contributed by atoms with van der Waals surface area (Å²) in [6, 6.07) is 12.1. The number of hydrogen-bond donors (Lipinski definition) is 1. The lowest BCUT2D eigenvalue weighted by Crippen LogP contribution is -2.27. The topological polar surface area (TPSA) is 46.3 Å². The molecule has 0 aliphatic heterocycles. The lowest BCUT2D eigenvalue weighted by molar-refractivity contribution is 0.0993. The van der Waals surface area contributed by atoms with E-state index in [4.69, 9.17) is 28.9 Å². The van der Waals surface area contributed by atoms with E-state index in [2.05, 4.69) is 0 Å². The summed E-state index contributed by atoms with van der Waals surface area (Å²) in [5.41, 5.74) is 7.26. The lowest BCUT2D eigenvalue weighted by Gasteiger charge is -2.20. The molecular formula is C14H12Cl2N2O. The van der Waals surface area contributed by atoms with Crippen molar-refractivity contribution in [2.45, 2.75) is 0 Å². The maximum absolute atomic E-state index is 12.4. The molecule has 5 heteroatoms. The molecule has 0 radical (unpaired) electrons. The lowest BCUT2D eigenvalue weighted by atomic mass is 10.1. The first-order chi connectivity index (χ1) is 9.02. The van der Waals surface area contributed by atoms with Crippen LogP contribution in [0.25, 0.3) is 0 Å². The van der Waals surface area contributed by atoms with Crippen molar-refractivity contribution < 1.29 is 4.79 Å². The second-order valence-electron chi connectivity index (χ2n) is 4.02. The highest BCUT2D eigenvalue weighted by Crippen LogP contribution is 2.29. The molecule has 0 fully saturated rings. The minimum absolute atomic E-state index is 0.275. The molecule has 0 heterocycles. The smallest absolute Gasteiger partial charge is 0.261 e. The number of benzene rings is 2. The molecule has 0 saturated carbocycles. The number of carbonyl (C=O) groups is 1. The van der Waals surface area contributed by atoms with Gasteiger partial charge in [0.1, 0.15) is 0 Å². The number of anilines is 2. The molecule has 19 heavy (non-hydrogen) atoms. The van der Waals surface area contributed by atoms with Crippen LogP contribution in [0.1, 0.15) is 10.4 Å². The van der Waals surface area contributed by atoms with Gasteiger partial charge in [-0.15, -0.1) is 0 Å². The molecule has 0 atom stereocenters. The number of hydrogen-bond acceptors (Lipinski definition) is 2. The highest BCUT2D eigenvalue weighted by Gasteiger charge is 2.20. The van der Waals surface area contributed by atoms with Crippen molar-refractivity contribution in [2.75, 3.05) is 17.7 Å². The van der Waals surface area contributed by atoms with Gasteiger partial charge in [0.2, 0.25) is 0 Å². The first kappa shape index (κ1) is 13.7. The molecule has 0 unspecified atom stereocenters. The van der Waals surface area contributed by atoms with Gasteiger partial charge in [-0.3, -0.25) is 4.79 Å².